The maximum absolute atomic E-state index is 14.8. The van der Waals surface area contributed by atoms with Crippen molar-refractivity contribution < 1.29 is 33.1 Å². The highest BCUT2D eigenvalue weighted by atomic mass is 16.5. The molecule has 5 N–H and O–H groups in total. The molecule has 60 heavy (non-hydrogen) atoms. The average molecular weight is 819 g/mol. The van der Waals surface area contributed by atoms with E-state index in [4.69, 9.17) is 25.4 Å². The van der Waals surface area contributed by atoms with Crippen LogP contribution in [0.15, 0.2) is 88.3 Å². The van der Waals surface area contributed by atoms with E-state index < -0.39 is 23.8 Å². The van der Waals surface area contributed by atoms with Crippen LogP contribution in [0.1, 0.15) is 98.9 Å². The van der Waals surface area contributed by atoms with Gasteiger partial charge in [-0.15, -0.1) is 0 Å². The fourth-order valence-corrected chi connectivity index (χ4v) is 8.92. The number of benzene rings is 3. The van der Waals surface area contributed by atoms with Crippen LogP contribution in [-0.4, -0.2) is 83.3 Å². The molecule has 0 unspecified atom stereocenters. The molecule has 3 aliphatic rings. The van der Waals surface area contributed by atoms with Gasteiger partial charge in [-0.1, -0.05) is 86.7 Å². The molecule has 1 aromatic heterocycles. The highest BCUT2D eigenvalue weighted by Crippen LogP contribution is 2.31. The number of hydrogen-bond donors (Lipinski definition) is 3. The molecule has 7 rings (SSSR count). The Morgan fingerprint density at radius 2 is 1.55 bits per heavy atom. The molecule has 0 bridgehead atoms. The SMILES string of the molecule is NC(N)=Nc1ccc(C[C@H](CC(=O)[C@@H]2C[C@@H](OCC3CCCCC3)CN2C(=O)[C@@H](CCc2ccccc2)NC(=O)COC2CCCC2)C(=O)c2nc3ccccc3o2)cc1. The number of amides is 2. The van der Waals surface area contributed by atoms with Crippen molar-refractivity contribution in [3.63, 3.8) is 0 Å². The number of aromatic nitrogens is 1. The number of fused-ring (bicyclic) bond motifs is 1. The number of carbonyl (C=O) groups is 4. The van der Waals surface area contributed by atoms with Gasteiger partial charge >= 0.3 is 0 Å². The molecule has 4 aromatic rings. The van der Waals surface area contributed by atoms with E-state index in [0.717, 1.165) is 49.7 Å². The minimum atomic E-state index is -0.904. The number of nitrogens with one attached hydrogen (secondary N) is 1. The third kappa shape index (κ3) is 11.7. The summed E-state index contributed by atoms with van der Waals surface area (Å²) in [5.41, 5.74) is 14.5. The van der Waals surface area contributed by atoms with Crippen LogP contribution >= 0.6 is 0 Å². The number of ketones is 2. The van der Waals surface area contributed by atoms with Gasteiger partial charge in [0, 0.05) is 31.9 Å². The zero-order valence-corrected chi connectivity index (χ0v) is 34.3. The van der Waals surface area contributed by atoms with Gasteiger partial charge in [-0.2, -0.15) is 0 Å². The molecule has 1 saturated heterocycles. The summed E-state index contributed by atoms with van der Waals surface area (Å²) in [7, 11) is 0. The first kappa shape index (κ1) is 42.7. The molecular weight excluding hydrogens is 761 g/mol. The molecular formula is C47H58N6O7. The molecule has 0 spiro atoms. The third-order valence-electron chi connectivity index (χ3n) is 12.2. The van der Waals surface area contributed by atoms with Crippen molar-refractivity contribution in [2.24, 2.45) is 28.3 Å². The number of rotatable bonds is 19. The summed E-state index contributed by atoms with van der Waals surface area (Å²) in [6, 6.07) is 22.3. The summed E-state index contributed by atoms with van der Waals surface area (Å²) >= 11 is 0. The highest BCUT2D eigenvalue weighted by molar-refractivity contribution is 6.00. The predicted octanol–water partition coefficient (Wildman–Crippen LogP) is 6.38. The van der Waals surface area contributed by atoms with Crippen molar-refractivity contribution in [2.75, 3.05) is 19.8 Å². The van der Waals surface area contributed by atoms with Gasteiger partial charge in [0.05, 0.1) is 23.9 Å². The molecule has 4 atom stereocenters. The predicted molar refractivity (Wildman–Crippen MR) is 228 cm³/mol. The minimum absolute atomic E-state index is 0.0403. The number of carbonyl (C=O) groups excluding carboxylic acids is 4. The number of para-hydroxylation sites is 2. The van der Waals surface area contributed by atoms with Gasteiger partial charge in [-0.25, -0.2) is 9.98 Å². The van der Waals surface area contributed by atoms with Gasteiger partial charge in [0.2, 0.25) is 17.6 Å². The summed E-state index contributed by atoms with van der Waals surface area (Å²) in [4.78, 5) is 67.5. The summed E-state index contributed by atoms with van der Waals surface area (Å²) in [5, 5.41) is 2.98. The highest BCUT2D eigenvalue weighted by Gasteiger charge is 2.44. The van der Waals surface area contributed by atoms with Crippen LogP contribution in [0.5, 0.6) is 0 Å². The Labute approximate surface area is 351 Å². The largest absolute Gasteiger partial charge is 0.434 e. The molecule has 2 amide bonds. The number of aliphatic imine (C=N–C) groups is 1. The molecule has 1 aliphatic heterocycles. The summed E-state index contributed by atoms with van der Waals surface area (Å²) in [5.74, 6) is -1.97. The smallest absolute Gasteiger partial charge is 0.264 e. The Hall–Kier alpha value is -5.40. The van der Waals surface area contributed by atoms with Gasteiger partial charge in [-0.05, 0) is 86.3 Å². The van der Waals surface area contributed by atoms with Crippen LogP contribution in [0, 0.1) is 11.8 Å². The number of Topliss-reactive ketones (excluding diaryl/α,β-unsaturated/α-hetero) is 2. The second-order valence-corrected chi connectivity index (χ2v) is 16.7. The number of likely N-dealkylation sites (tertiary alicyclic amines) is 1. The van der Waals surface area contributed by atoms with Gasteiger partial charge in [-0.3, -0.25) is 19.2 Å². The van der Waals surface area contributed by atoms with E-state index in [2.05, 4.69) is 15.3 Å². The number of nitrogens with zero attached hydrogens (tertiary/aromatic N) is 3. The van der Waals surface area contributed by atoms with E-state index in [-0.39, 0.29) is 67.6 Å². The third-order valence-corrected chi connectivity index (χ3v) is 12.2. The Morgan fingerprint density at radius 3 is 2.28 bits per heavy atom. The molecule has 13 heteroatoms. The van der Waals surface area contributed by atoms with E-state index in [0.29, 0.717) is 48.6 Å². The van der Waals surface area contributed by atoms with Gasteiger partial charge in [0.15, 0.2) is 17.3 Å². The lowest BCUT2D eigenvalue weighted by atomic mass is 9.88. The zero-order valence-electron chi connectivity index (χ0n) is 34.3. The topological polar surface area (TPSA) is 192 Å². The van der Waals surface area contributed by atoms with E-state index in [1.807, 2.05) is 48.5 Å². The van der Waals surface area contributed by atoms with Crippen molar-refractivity contribution in [1.29, 1.82) is 0 Å². The quantitative estimate of drug-likeness (QED) is 0.0544. The molecule has 318 valence electrons. The van der Waals surface area contributed by atoms with E-state index in [9.17, 15) is 19.2 Å². The van der Waals surface area contributed by atoms with Gasteiger partial charge in [0.25, 0.3) is 5.89 Å². The molecule has 2 saturated carbocycles. The number of guanidine groups is 1. The summed E-state index contributed by atoms with van der Waals surface area (Å²) in [6.45, 7) is 0.630. The maximum Gasteiger partial charge on any atom is 0.264 e. The molecule has 3 fully saturated rings. The van der Waals surface area contributed by atoms with Crippen molar-refractivity contribution in [3.8, 4) is 0 Å². The maximum atomic E-state index is 14.8. The van der Waals surface area contributed by atoms with Crippen molar-refractivity contribution in [1.82, 2.24) is 15.2 Å². The van der Waals surface area contributed by atoms with E-state index in [1.165, 1.54) is 19.3 Å². The standard InChI is InChI=1S/C47H58N6O7/c48-47(49)50-35-22-19-32(20-23-35)25-34(44(56)45-52-38-17-9-10-18-42(38)60-45)26-41(54)40-27-37(58-29-33-13-5-2-6-14-33)28-53(40)46(57)39(24-21-31-11-3-1-4-12-31)51-43(55)30-59-36-15-7-8-16-36/h1,3-4,9-12,17-20,22-23,33-34,36-37,39-40H,2,5-8,13-16,21,24-30H2,(H,51,55)(H4,48,49,50)/t34-,37-,39-,40+/m1/s1. The van der Waals surface area contributed by atoms with Crippen LogP contribution < -0.4 is 16.8 Å². The number of hydrogen-bond acceptors (Lipinski definition) is 9. The van der Waals surface area contributed by atoms with Crippen LogP contribution in [-0.2, 0) is 36.7 Å². The van der Waals surface area contributed by atoms with Crippen LogP contribution in [0.3, 0.4) is 0 Å². The zero-order chi connectivity index (χ0) is 41.8. The summed E-state index contributed by atoms with van der Waals surface area (Å²) in [6.07, 6.45) is 10.6. The first-order valence-electron chi connectivity index (χ1n) is 21.7. The number of oxazole rings is 1. The van der Waals surface area contributed by atoms with Crippen molar-refractivity contribution in [2.45, 2.75) is 114 Å². The lowest BCUT2D eigenvalue weighted by molar-refractivity contribution is -0.142. The first-order valence-corrected chi connectivity index (χ1v) is 21.7. The van der Waals surface area contributed by atoms with Crippen LogP contribution in [0.2, 0.25) is 0 Å². The number of nitrogens with two attached hydrogens (primary N) is 2. The fourth-order valence-electron chi connectivity index (χ4n) is 8.92. The second kappa shape index (κ2) is 20.7. The monoisotopic (exact) mass is 818 g/mol. The van der Waals surface area contributed by atoms with Crippen LogP contribution in [0.25, 0.3) is 11.1 Å². The lowest BCUT2D eigenvalue weighted by Crippen LogP contribution is -2.53. The molecule has 3 aromatic carbocycles. The Morgan fingerprint density at radius 1 is 0.833 bits per heavy atom. The molecule has 2 aliphatic carbocycles. The van der Waals surface area contributed by atoms with Crippen LogP contribution in [0.4, 0.5) is 5.69 Å². The second-order valence-electron chi connectivity index (χ2n) is 16.7. The lowest BCUT2D eigenvalue weighted by Gasteiger charge is -2.29. The number of aryl methyl sites for hydroxylation is 1. The Bertz CT molecular complexity index is 2050. The minimum Gasteiger partial charge on any atom is -0.434 e. The Balaban J connectivity index is 1.14. The Kier molecular flexibility index (Phi) is 14.8. The van der Waals surface area contributed by atoms with E-state index in [1.54, 1.807) is 35.2 Å². The van der Waals surface area contributed by atoms with Gasteiger partial charge < -0.3 is 35.6 Å². The average Bonchev–Trinajstić information content (AvgIpc) is 4.05. The van der Waals surface area contributed by atoms with Crippen molar-refractivity contribution >= 4 is 46.1 Å². The molecule has 0 radical (unpaired) electrons. The summed E-state index contributed by atoms with van der Waals surface area (Å²) < 4.78 is 18.3. The number of ether oxygens (including phenoxy) is 2. The first-order chi connectivity index (χ1) is 29.2. The van der Waals surface area contributed by atoms with Crippen molar-refractivity contribution in [3.05, 3.63) is 95.9 Å². The molecule has 2 heterocycles. The normalized spacial score (nSPS) is 19.6. The fraction of sp³-hybridized carbons (Fsp3) is 0.489. The van der Waals surface area contributed by atoms with Gasteiger partial charge in [0.1, 0.15) is 18.2 Å². The molecule has 13 nitrogen and oxygen atoms in total. The van der Waals surface area contributed by atoms with E-state index >= 15 is 0 Å².